The maximum Gasteiger partial charge on any atom is 0.407 e. The van der Waals surface area contributed by atoms with Crippen molar-refractivity contribution in [3.8, 4) is 17.3 Å². The Morgan fingerprint density at radius 1 is 1.28 bits per heavy atom. The smallest absolute Gasteiger partial charge is 0.407 e. The first-order valence-electron chi connectivity index (χ1n) is 11.4. The largest absolute Gasteiger partial charge is 0.465 e. The fourth-order valence-electron chi connectivity index (χ4n) is 4.36. The van der Waals surface area contributed by atoms with Crippen LogP contribution in [0, 0.1) is 17.1 Å². The van der Waals surface area contributed by atoms with Crippen molar-refractivity contribution in [2.24, 2.45) is 0 Å². The van der Waals surface area contributed by atoms with Crippen LogP contribution in [0.3, 0.4) is 0 Å². The third-order valence-electron chi connectivity index (χ3n) is 6.26. The minimum atomic E-state index is -0.912. The van der Waals surface area contributed by atoms with Crippen molar-refractivity contribution in [1.82, 2.24) is 14.9 Å². The van der Waals surface area contributed by atoms with Crippen molar-refractivity contribution in [2.45, 2.75) is 13.3 Å². The Labute approximate surface area is 210 Å². The fourth-order valence-corrected chi connectivity index (χ4v) is 5.22. The first-order valence-corrected chi connectivity index (χ1v) is 12.3. The van der Waals surface area contributed by atoms with Gasteiger partial charge in [-0.3, -0.25) is 0 Å². The third kappa shape index (κ3) is 4.20. The SMILES string of the molecule is CCc1oc2cnc(N3CCN(C(=O)O)CC3)cc2c1N(C)c1nc(-c2ccc(F)cc2)c(C#N)s1. The maximum absolute atomic E-state index is 13.4. The van der Waals surface area contributed by atoms with E-state index in [1.54, 1.807) is 18.3 Å². The summed E-state index contributed by atoms with van der Waals surface area (Å²) in [7, 11) is 1.88. The first kappa shape index (κ1) is 23.6. The van der Waals surface area contributed by atoms with Crippen molar-refractivity contribution in [2.75, 3.05) is 43.0 Å². The van der Waals surface area contributed by atoms with Gasteiger partial charge in [-0.2, -0.15) is 5.26 Å². The van der Waals surface area contributed by atoms with Crippen LogP contribution in [0.5, 0.6) is 0 Å². The van der Waals surface area contributed by atoms with Gasteiger partial charge in [0, 0.05) is 50.6 Å². The van der Waals surface area contributed by atoms with E-state index >= 15 is 0 Å². The summed E-state index contributed by atoms with van der Waals surface area (Å²) in [4.78, 5) is 26.3. The molecule has 1 aromatic carbocycles. The van der Waals surface area contributed by atoms with Crippen LogP contribution in [-0.2, 0) is 6.42 Å². The number of rotatable bonds is 5. The molecule has 0 saturated carbocycles. The fraction of sp³-hybridized carbons (Fsp3) is 0.280. The van der Waals surface area contributed by atoms with Gasteiger partial charge in [0.2, 0.25) is 0 Å². The highest BCUT2D eigenvalue weighted by atomic mass is 32.1. The van der Waals surface area contributed by atoms with Crippen LogP contribution < -0.4 is 9.80 Å². The van der Waals surface area contributed by atoms with Gasteiger partial charge in [0.05, 0.1) is 11.9 Å². The Kier molecular flexibility index (Phi) is 6.20. The molecule has 0 atom stereocenters. The Balaban J connectivity index is 1.52. The molecule has 0 unspecified atom stereocenters. The normalized spacial score (nSPS) is 13.7. The van der Waals surface area contributed by atoms with Crippen LogP contribution in [0.2, 0.25) is 0 Å². The number of hydrogen-bond acceptors (Lipinski definition) is 8. The van der Waals surface area contributed by atoms with E-state index in [2.05, 4.69) is 16.0 Å². The molecule has 0 spiro atoms. The number of carboxylic acid groups (broad SMARTS) is 1. The van der Waals surface area contributed by atoms with Gasteiger partial charge in [0.15, 0.2) is 10.7 Å². The molecule has 1 saturated heterocycles. The average Bonchev–Trinajstić information content (AvgIpc) is 3.50. The van der Waals surface area contributed by atoms with E-state index in [0.29, 0.717) is 59.4 Å². The number of pyridine rings is 1. The van der Waals surface area contributed by atoms with Gasteiger partial charge in [0.1, 0.15) is 34.0 Å². The number of aromatic nitrogens is 2. The minimum Gasteiger partial charge on any atom is -0.465 e. The molecule has 0 aliphatic carbocycles. The zero-order chi connectivity index (χ0) is 25.4. The van der Waals surface area contributed by atoms with E-state index in [-0.39, 0.29) is 5.82 Å². The minimum absolute atomic E-state index is 0.351. The molecule has 3 aromatic heterocycles. The van der Waals surface area contributed by atoms with E-state index in [1.807, 2.05) is 24.9 Å². The predicted octanol–water partition coefficient (Wildman–Crippen LogP) is 5.09. The highest BCUT2D eigenvalue weighted by Crippen LogP contribution is 2.41. The monoisotopic (exact) mass is 506 g/mol. The number of aryl methyl sites for hydroxylation is 1. The summed E-state index contributed by atoms with van der Waals surface area (Å²) >= 11 is 1.26. The molecule has 11 heteroatoms. The number of thiazole rings is 1. The molecule has 36 heavy (non-hydrogen) atoms. The van der Waals surface area contributed by atoms with Gasteiger partial charge in [-0.15, -0.1) is 0 Å². The zero-order valence-corrected chi connectivity index (χ0v) is 20.5. The molecule has 1 aliphatic rings. The summed E-state index contributed by atoms with van der Waals surface area (Å²) in [5, 5.41) is 20.4. The number of nitrogens with zero attached hydrogens (tertiary/aromatic N) is 6. The molecule has 184 valence electrons. The molecule has 1 aliphatic heterocycles. The molecular weight excluding hydrogens is 483 g/mol. The van der Waals surface area contributed by atoms with Crippen molar-refractivity contribution in [3.63, 3.8) is 0 Å². The van der Waals surface area contributed by atoms with Gasteiger partial charge < -0.3 is 24.2 Å². The quantitative estimate of drug-likeness (QED) is 0.399. The second-order valence-corrected chi connectivity index (χ2v) is 9.35. The highest BCUT2D eigenvalue weighted by molar-refractivity contribution is 7.16. The molecule has 1 N–H and O–H groups in total. The number of hydrogen-bond donors (Lipinski definition) is 1. The summed E-state index contributed by atoms with van der Waals surface area (Å²) in [6, 6.07) is 10.1. The number of carbonyl (C=O) groups is 1. The standard InChI is InChI=1S/C25H23FN6O3S/c1-3-18-23(30(2)24-29-22(20(13-27)36-24)15-4-6-16(26)7-5-15)17-12-21(28-14-19(17)35-18)31-8-10-32(11-9-31)25(33)34/h4-7,12,14H,3,8-11H2,1-2H3,(H,33,34). The maximum atomic E-state index is 13.4. The van der Waals surface area contributed by atoms with Crippen LogP contribution in [0.1, 0.15) is 17.6 Å². The molecule has 0 bridgehead atoms. The Morgan fingerprint density at radius 3 is 2.64 bits per heavy atom. The topological polar surface area (TPSA) is 110 Å². The van der Waals surface area contributed by atoms with Gasteiger partial charge in [-0.1, -0.05) is 18.3 Å². The van der Waals surface area contributed by atoms with Crippen molar-refractivity contribution in [3.05, 3.63) is 53.0 Å². The Morgan fingerprint density at radius 2 is 2.00 bits per heavy atom. The second-order valence-electron chi connectivity index (χ2n) is 8.37. The summed E-state index contributed by atoms with van der Waals surface area (Å²) in [6.07, 6.45) is 1.42. The molecule has 1 amide bonds. The lowest BCUT2D eigenvalue weighted by Gasteiger charge is -2.33. The molecule has 4 heterocycles. The number of fused-ring (bicyclic) bond motifs is 1. The Hall–Kier alpha value is -4.17. The van der Waals surface area contributed by atoms with Gasteiger partial charge in [-0.05, 0) is 30.3 Å². The molecule has 1 fully saturated rings. The lowest BCUT2D eigenvalue weighted by Crippen LogP contribution is -2.48. The average molecular weight is 507 g/mol. The number of amides is 1. The number of halogens is 1. The number of furan rings is 1. The van der Waals surface area contributed by atoms with E-state index < -0.39 is 6.09 Å². The van der Waals surface area contributed by atoms with Gasteiger partial charge in [-0.25, -0.2) is 19.2 Å². The van der Waals surface area contributed by atoms with Gasteiger partial charge in [0.25, 0.3) is 0 Å². The number of nitriles is 1. The second kappa shape index (κ2) is 9.47. The molecule has 9 nitrogen and oxygen atoms in total. The molecule has 0 radical (unpaired) electrons. The van der Waals surface area contributed by atoms with E-state index in [4.69, 9.17) is 9.40 Å². The molecule has 4 aromatic rings. The zero-order valence-electron chi connectivity index (χ0n) is 19.7. The summed E-state index contributed by atoms with van der Waals surface area (Å²) in [5.74, 6) is 1.16. The van der Waals surface area contributed by atoms with Crippen LogP contribution >= 0.6 is 11.3 Å². The lowest BCUT2D eigenvalue weighted by molar-refractivity contribution is 0.142. The van der Waals surface area contributed by atoms with Crippen molar-refractivity contribution >= 4 is 45.0 Å². The van der Waals surface area contributed by atoms with E-state index in [0.717, 1.165) is 22.7 Å². The summed E-state index contributed by atoms with van der Waals surface area (Å²) in [5.41, 5.74) is 2.65. The van der Waals surface area contributed by atoms with E-state index in [1.165, 1.54) is 28.4 Å². The molecule has 5 rings (SSSR count). The van der Waals surface area contributed by atoms with Crippen LogP contribution in [0.15, 0.2) is 40.9 Å². The van der Waals surface area contributed by atoms with Crippen LogP contribution in [0.4, 0.5) is 25.8 Å². The van der Waals surface area contributed by atoms with Crippen molar-refractivity contribution < 1.29 is 18.7 Å². The Bertz CT molecular complexity index is 1470. The lowest BCUT2D eigenvalue weighted by atomic mass is 10.1. The van der Waals surface area contributed by atoms with E-state index in [9.17, 15) is 19.6 Å². The van der Waals surface area contributed by atoms with Crippen molar-refractivity contribution in [1.29, 1.82) is 5.26 Å². The van der Waals surface area contributed by atoms with Crippen LogP contribution in [-0.4, -0.2) is 59.3 Å². The number of piperazine rings is 1. The van der Waals surface area contributed by atoms with Gasteiger partial charge >= 0.3 is 6.09 Å². The summed E-state index contributed by atoms with van der Waals surface area (Å²) in [6.45, 7) is 3.92. The third-order valence-corrected chi connectivity index (χ3v) is 7.29. The number of benzene rings is 1. The first-order chi connectivity index (χ1) is 17.4. The predicted molar refractivity (Wildman–Crippen MR) is 135 cm³/mol. The highest BCUT2D eigenvalue weighted by Gasteiger charge is 2.25. The molecular formula is C25H23FN6O3S. The van der Waals surface area contributed by atoms with Crippen LogP contribution in [0.25, 0.3) is 22.2 Å². The number of anilines is 3. The summed E-state index contributed by atoms with van der Waals surface area (Å²) < 4.78 is 19.5.